The third kappa shape index (κ3) is 2.75. The molecule has 6 nitrogen and oxygen atoms in total. The summed E-state index contributed by atoms with van der Waals surface area (Å²) < 4.78 is 1.87. The number of hydrogen-bond donors (Lipinski definition) is 1. The molecule has 1 saturated carbocycles. The maximum Gasteiger partial charge on any atom is 0.225 e. The van der Waals surface area contributed by atoms with E-state index < -0.39 is 0 Å². The van der Waals surface area contributed by atoms with Gasteiger partial charge < -0.3 is 10.0 Å². The molecular formula is C18H28N4O2. The van der Waals surface area contributed by atoms with Gasteiger partial charge in [0.2, 0.25) is 5.91 Å². The quantitative estimate of drug-likeness (QED) is 0.885. The van der Waals surface area contributed by atoms with Crippen molar-refractivity contribution in [2.75, 3.05) is 32.8 Å². The van der Waals surface area contributed by atoms with Gasteiger partial charge in [0, 0.05) is 56.3 Å². The topological polar surface area (TPSA) is 61.6 Å². The molecule has 2 atom stereocenters. The number of fused-ring (bicyclic) bond motifs is 1. The van der Waals surface area contributed by atoms with Crippen LogP contribution in [0.15, 0.2) is 6.20 Å². The number of aliphatic hydroxyl groups is 1. The molecule has 3 aliphatic rings. The minimum Gasteiger partial charge on any atom is -0.396 e. The van der Waals surface area contributed by atoms with Gasteiger partial charge in [0.05, 0.1) is 12.3 Å². The lowest BCUT2D eigenvalue weighted by Gasteiger charge is -2.43. The number of hydrogen-bond acceptors (Lipinski definition) is 4. The second kappa shape index (κ2) is 5.85. The van der Waals surface area contributed by atoms with Crippen LogP contribution in [0.5, 0.6) is 0 Å². The summed E-state index contributed by atoms with van der Waals surface area (Å²) >= 11 is 0. The Bertz CT molecular complexity index is 639. The van der Waals surface area contributed by atoms with Gasteiger partial charge in [-0.1, -0.05) is 0 Å². The number of aromatic nitrogens is 2. The zero-order chi connectivity index (χ0) is 16.9. The lowest BCUT2D eigenvalue weighted by Crippen LogP contribution is -2.50. The molecule has 6 heteroatoms. The number of piperidine rings is 1. The highest BCUT2D eigenvalue weighted by atomic mass is 16.3. The van der Waals surface area contributed by atoms with Crippen molar-refractivity contribution >= 4 is 5.91 Å². The smallest absolute Gasteiger partial charge is 0.225 e. The van der Waals surface area contributed by atoms with Crippen molar-refractivity contribution in [1.82, 2.24) is 19.6 Å². The average molecular weight is 332 g/mol. The van der Waals surface area contributed by atoms with Crippen LogP contribution in [-0.4, -0.2) is 63.4 Å². The zero-order valence-electron chi connectivity index (χ0n) is 14.7. The Morgan fingerprint density at radius 1 is 1.38 bits per heavy atom. The summed E-state index contributed by atoms with van der Waals surface area (Å²) in [5.74, 6) is 1.04. The van der Waals surface area contributed by atoms with Crippen molar-refractivity contribution in [1.29, 1.82) is 0 Å². The first-order valence-electron chi connectivity index (χ1n) is 9.12. The number of rotatable bonds is 4. The van der Waals surface area contributed by atoms with Gasteiger partial charge in [0.1, 0.15) is 0 Å². The summed E-state index contributed by atoms with van der Waals surface area (Å²) in [6.07, 6.45) is 5.26. The molecule has 0 aromatic carbocycles. The minimum atomic E-state index is -0.140. The molecule has 2 saturated heterocycles. The highest BCUT2D eigenvalue weighted by Gasteiger charge is 2.51. The first kappa shape index (κ1) is 16.1. The van der Waals surface area contributed by atoms with E-state index in [-0.39, 0.29) is 17.9 Å². The maximum absolute atomic E-state index is 12.4. The van der Waals surface area contributed by atoms with E-state index in [1.807, 2.05) is 16.6 Å². The Morgan fingerprint density at radius 2 is 2.17 bits per heavy atom. The molecule has 1 aliphatic carbocycles. The summed E-state index contributed by atoms with van der Waals surface area (Å²) in [5, 5.41) is 14.6. The highest BCUT2D eigenvalue weighted by Crippen LogP contribution is 2.44. The maximum atomic E-state index is 12.4. The van der Waals surface area contributed by atoms with Gasteiger partial charge in [-0.15, -0.1) is 0 Å². The molecule has 0 radical (unpaired) electrons. The lowest BCUT2D eigenvalue weighted by atomic mass is 9.74. The number of aliphatic hydroxyl groups excluding tert-OH is 1. The van der Waals surface area contributed by atoms with Gasteiger partial charge in [-0.05, 0) is 38.6 Å². The third-order valence-electron chi connectivity index (χ3n) is 6.21. The number of likely N-dealkylation sites (tertiary alicyclic amines) is 2. The van der Waals surface area contributed by atoms with Crippen LogP contribution in [0.2, 0.25) is 0 Å². The van der Waals surface area contributed by atoms with Crippen molar-refractivity contribution in [2.24, 2.45) is 24.3 Å². The van der Waals surface area contributed by atoms with Crippen LogP contribution in [0, 0.1) is 24.2 Å². The van der Waals surface area contributed by atoms with Gasteiger partial charge in [-0.25, -0.2) is 0 Å². The van der Waals surface area contributed by atoms with Crippen LogP contribution in [0.1, 0.15) is 30.5 Å². The molecule has 3 heterocycles. The molecule has 0 unspecified atom stereocenters. The molecular weight excluding hydrogens is 304 g/mol. The molecule has 24 heavy (non-hydrogen) atoms. The molecule has 1 aromatic heterocycles. The summed E-state index contributed by atoms with van der Waals surface area (Å²) in [7, 11) is 1.95. The Hall–Kier alpha value is -1.40. The molecule has 0 bridgehead atoms. The summed E-state index contributed by atoms with van der Waals surface area (Å²) in [6.45, 7) is 6.58. The van der Waals surface area contributed by atoms with Crippen LogP contribution < -0.4 is 0 Å². The Kier molecular flexibility index (Phi) is 3.92. The van der Waals surface area contributed by atoms with Crippen LogP contribution >= 0.6 is 0 Å². The van der Waals surface area contributed by atoms with E-state index in [2.05, 4.69) is 23.1 Å². The number of carbonyl (C=O) groups is 1. The summed E-state index contributed by atoms with van der Waals surface area (Å²) in [5.41, 5.74) is 2.20. The standard InChI is InChI=1S/C18H28N4O2/c1-13-15(7-20(2)19-13)8-21-6-5-16-9-22(17(24)14-3-4-14)11-18(16,10-21)12-23/h7,14,16,23H,3-6,8-12H2,1-2H3/t16-,18+/m0/s1. The fourth-order valence-corrected chi connectivity index (χ4v) is 4.64. The number of carbonyl (C=O) groups excluding carboxylic acids is 1. The Balaban J connectivity index is 1.46. The van der Waals surface area contributed by atoms with E-state index in [4.69, 9.17) is 0 Å². The molecule has 1 N–H and O–H groups in total. The van der Waals surface area contributed by atoms with E-state index >= 15 is 0 Å². The summed E-state index contributed by atoms with van der Waals surface area (Å²) in [6, 6.07) is 0. The average Bonchev–Trinajstić information content (AvgIpc) is 3.26. The van der Waals surface area contributed by atoms with Crippen molar-refractivity contribution < 1.29 is 9.90 Å². The fraction of sp³-hybridized carbons (Fsp3) is 0.778. The molecule has 2 aliphatic heterocycles. The van der Waals surface area contributed by atoms with Crippen molar-refractivity contribution in [3.8, 4) is 0 Å². The van der Waals surface area contributed by atoms with Gasteiger partial charge in [0.15, 0.2) is 0 Å². The predicted molar refractivity (Wildman–Crippen MR) is 90.2 cm³/mol. The molecule has 1 amide bonds. The molecule has 3 fully saturated rings. The van der Waals surface area contributed by atoms with E-state index in [1.54, 1.807) is 0 Å². The first-order valence-corrected chi connectivity index (χ1v) is 9.12. The van der Waals surface area contributed by atoms with Crippen molar-refractivity contribution in [2.45, 2.75) is 32.7 Å². The SMILES string of the molecule is Cc1nn(C)cc1CN1CC[C@H]2CN(C(=O)C3CC3)C[C@@]2(CO)C1. The molecule has 4 rings (SSSR count). The normalized spacial score (nSPS) is 30.6. The van der Waals surface area contributed by atoms with Gasteiger partial charge >= 0.3 is 0 Å². The monoisotopic (exact) mass is 332 g/mol. The molecule has 132 valence electrons. The van der Waals surface area contributed by atoms with Crippen LogP contribution in [-0.2, 0) is 18.4 Å². The van der Waals surface area contributed by atoms with Gasteiger partial charge in [-0.3, -0.25) is 14.4 Å². The minimum absolute atomic E-state index is 0.140. The largest absolute Gasteiger partial charge is 0.396 e. The molecule has 0 spiro atoms. The van der Waals surface area contributed by atoms with Crippen LogP contribution in [0.4, 0.5) is 0 Å². The van der Waals surface area contributed by atoms with E-state index in [9.17, 15) is 9.90 Å². The van der Waals surface area contributed by atoms with Gasteiger partial charge in [-0.2, -0.15) is 5.10 Å². The number of aryl methyl sites for hydroxylation is 2. The first-order chi connectivity index (χ1) is 11.5. The van der Waals surface area contributed by atoms with Crippen molar-refractivity contribution in [3.63, 3.8) is 0 Å². The van der Waals surface area contributed by atoms with Crippen molar-refractivity contribution in [3.05, 3.63) is 17.5 Å². The molecule has 1 aromatic rings. The Morgan fingerprint density at radius 3 is 2.79 bits per heavy atom. The lowest BCUT2D eigenvalue weighted by molar-refractivity contribution is -0.132. The Labute approximate surface area is 143 Å². The van der Waals surface area contributed by atoms with E-state index in [1.165, 1.54) is 5.56 Å². The second-order valence-electron chi connectivity index (χ2n) is 8.12. The number of amides is 1. The van der Waals surface area contributed by atoms with E-state index in [0.717, 1.165) is 57.7 Å². The number of nitrogens with zero attached hydrogens (tertiary/aromatic N) is 4. The van der Waals surface area contributed by atoms with Gasteiger partial charge in [0.25, 0.3) is 0 Å². The van der Waals surface area contributed by atoms with E-state index in [0.29, 0.717) is 11.8 Å². The fourth-order valence-electron chi connectivity index (χ4n) is 4.64. The zero-order valence-corrected chi connectivity index (χ0v) is 14.7. The van der Waals surface area contributed by atoms with Crippen LogP contribution in [0.25, 0.3) is 0 Å². The second-order valence-corrected chi connectivity index (χ2v) is 8.12. The predicted octanol–water partition coefficient (Wildman–Crippen LogP) is 0.781. The summed E-state index contributed by atoms with van der Waals surface area (Å²) in [4.78, 5) is 16.9. The van der Waals surface area contributed by atoms with Crippen LogP contribution in [0.3, 0.4) is 0 Å². The highest BCUT2D eigenvalue weighted by molar-refractivity contribution is 5.81. The third-order valence-corrected chi connectivity index (χ3v) is 6.21.